The van der Waals surface area contributed by atoms with Gasteiger partial charge in [0.15, 0.2) is 0 Å². The zero-order valence-electron chi connectivity index (χ0n) is 12.4. The van der Waals surface area contributed by atoms with Crippen molar-refractivity contribution >= 4 is 0 Å². The minimum Gasteiger partial charge on any atom is -0.342 e. The summed E-state index contributed by atoms with van der Waals surface area (Å²) in [5.41, 5.74) is 6.46. The van der Waals surface area contributed by atoms with Crippen LogP contribution in [0.4, 0.5) is 8.78 Å². The lowest BCUT2D eigenvalue weighted by molar-refractivity contribution is 0.409. The van der Waals surface area contributed by atoms with Crippen molar-refractivity contribution in [2.24, 2.45) is 17.6 Å². The Hall–Kier alpha value is -1.75. The summed E-state index contributed by atoms with van der Waals surface area (Å²) in [5.74, 6) is 0.714. The summed E-state index contributed by atoms with van der Waals surface area (Å²) in [6.07, 6.45) is 3.27. The van der Waals surface area contributed by atoms with E-state index in [2.05, 4.69) is 23.8 Å². The van der Waals surface area contributed by atoms with Crippen LogP contribution in [0.15, 0.2) is 24.4 Å². The molecule has 1 aromatic heterocycles. The van der Waals surface area contributed by atoms with Gasteiger partial charge in [-0.05, 0) is 43.0 Å². The molecule has 0 bridgehead atoms. The van der Waals surface area contributed by atoms with Crippen molar-refractivity contribution in [2.75, 3.05) is 6.54 Å². The minimum absolute atomic E-state index is 0.196. The van der Waals surface area contributed by atoms with Crippen LogP contribution < -0.4 is 5.73 Å². The molecule has 114 valence electrons. The van der Waals surface area contributed by atoms with Crippen LogP contribution >= 0.6 is 0 Å². The van der Waals surface area contributed by atoms with E-state index in [1.54, 1.807) is 0 Å². The number of nitrogens with two attached hydrogens (primary N) is 1. The first kappa shape index (κ1) is 15.6. The van der Waals surface area contributed by atoms with Crippen LogP contribution in [-0.2, 0) is 6.42 Å². The number of H-pyrrole nitrogens is 1. The van der Waals surface area contributed by atoms with Crippen molar-refractivity contribution in [3.8, 4) is 11.3 Å². The zero-order chi connectivity index (χ0) is 15.4. The molecule has 0 saturated carbocycles. The van der Waals surface area contributed by atoms with Crippen molar-refractivity contribution in [3.63, 3.8) is 0 Å². The Morgan fingerprint density at radius 1 is 1.29 bits per heavy atom. The van der Waals surface area contributed by atoms with Crippen LogP contribution in [0.25, 0.3) is 11.3 Å². The molecule has 2 rings (SSSR count). The van der Waals surface area contributed by atoms with E-state index in [1.807, 2.05) is 0 Å². The van der Waals surface area contributed by atoms with Crippen LogP contribution in [0.3, 0.4) is 0 Å². The third-order valence-corrected chi connectivity index (χ3v) is 3.47. The number of nitrogens with one attached hydrogen (secondary N) is 1. The predicted molar refractivity (Wildman–Crippen MR) is 79.6 cm³/mol. The van der Waals surface area contributed by atoms with E-state index in [0.717, 1.165) is 24.4 Å². The van der Waals surface area contributed by atoms with Crippen LogP contribution in [0.1, 0.15) is 26.1 Å². The maximum absolute atomic E-state index is 13.7. The maximum Gasteiger partial charge on any atom is 0.132 e. The molecule has 0 fully saturated rings. The highest BCUT2D eigenvalue weighted by Crippen LogP contribution is 2.23. The molecule has 5 heteroatoms. The third kappa shape index (κ3) is 4.11. The van der Waals surface area contributed by atoms with Gasteiger partial charge in [0.2, 0.25) is 0 Å². The predicted octanol–water partition coefficient (Wildman–Crippen LogP) is 3.52. The lowest BCUT2D eigenvalue weighted by atomic mass is 9.94. The number of benzene rings is 1. The van der Waals surface area contributed by atoms with Crippen molar-refractivity contribution < 1.29 is 8.78 Å². The van der Waals surface area contributed by atoms with Gasteiger partial charge in [-0.1, -0.05) is 13.8 Å². The topological polar surface area (TPSA) is 54.7 Å². The highest BCUT2D eigenvalue weighted by molar-refractivity contribution is 5.59. The standard InChI is InChI=1S/C16H21F2N3/c1-10(2)5-11(8-19)6-16-20-9-15(21-16)13-7-12(17)3-4-14(13)18/h3-4,7,9-11H,5-6,8,19H2,1-2H3,(H,20,21). The molecule has 1 unspecified atom stereocenters. The molecule has 0 amide bonds. The molecule has 1 aromatic carbocycles. The molecule has 1 atom stereocenters. The van der Waals surface area contributed by atoms with Gasteiger partial charge in [0.05, 0.1) is 11.9 Å². The van der Waals surface area contributed by atoms with Crippen LogP contribution in [0.2, 0.25) is 0 Å². The maximum atomic E-state index is 13.7. The summed E-state index contributed by atoms with van der Waals surface area (Å²) in [5, 5.41) is 0. The fourth-order valence-corrected chi connectivity index (χ4v) is 2.51. The number of nitrogens with zero attached hydrogens (tertiary/aromatic N) is 1. The van der Waals surface area contributed by atoms with E-state index < -0.39 is 11.6 Å². The minimum atomic E-state index is -0.470. The molecule has 3 N–H and O–H groups in total. The SMILES string of the molecule is CC(C)CC(CN)Cc1ncc(-c2cc(F)ccc2F)[nH]1. The quantitative estimate of drug-likeness (QED) is 0.856. The van der Waals surface area contributed by atoms with Gasteiger partial charge in [0.1, 0.15) is 17.5 Å². The first-order valence-electron chi connectivity index (χ1n) is 7.19. The van der Waals surface area contributed by atoms with Gasteiger partial charge >= 0.3 is 0 Å². The zero-order valence-corrected chi connectivity index (χ0v) is 12.4. The van der Waals surface area contributed by atoms with Gasteiger partial charge in [-0.2, -0.15) is 0 Å². The van der Waals surface area contributed by atoms with E-state index in [4.69, 9.17) is 5.73 Å². The number of halogens is 2. The van der Waals surface area contributed by atoms with Crippen molar-refractivity contribution in [1.82, 2.24) is 9.97 Å². The molecule has 0 radical (unpaired) electrons. The smallest absolute Gasteiger partial charge is 0.132 e. The Balaban J connectivity index is 2.16. The van der Waals surface area contributed by atoms with E-state index >= 15 is 0 Å². The fraction of sp³-hybridized carbons (Fsp3) is 0.438. The summed E-state index contributed by atoms with van der Waals surface area (Å²) in [6, 6.07) is 3.39. The Morgan fingerprint density at radius 2 is 2.05 bits per heavy atom. The second-order valence-electron chi connectivity index (χ2n) is 5.80. The second-order valence-corrected chi connectivity index (χ2v) is 5.80. The summed E-state index contributed by atoms with van der Waals surface area (Å²) in [6.45, 7) is 4.89. The van der Waals surface area contributed by atoms with Crippen LogP contribution in [0, 0.1) is 23.5 Å². The largest absolute Gasteiger partial charge is 0.342 e. The number of aromatic nitrogens is 2. The van der Waals surface area contributed by atoms with Gasteiger partial charge < -0.3 is 10.7 Å². The summed E-state index contributed by atoms with van der Waals surface area (Å²) >= 11 is 0. The van der Waals surface area contributed by atoms with Crippen LogP contribution in [0.5, 0.6) is 0 Å². The molecule has 0 aliphatic carbocycles. The Bertz CT molecular complexity index is 593. The van der Waals surface area contributed by atoms with Gasteiger partial charge in [0, 0.05) is 12.0 Å². The van der Waals surface area contributed by atoms with Gasteiger partial charge in [-0.3, -0.25) is 0 Å². The molecular formula is C16H21F2N3. The number of hydrogen-bond acceptors (Lipinski definition) is 2. The molecule has 0 aliphatic rings. The lowest BCUT2D eigenvalue weighted by Gasteiger charge is -2.15. The van der Waals surface area contributed by atoms with Gasteiger partial charge in [0.25, 0.3) is 0 Å². The fourth-order valence-electron chi connectivity index (χ4n) is 2.51. The van der Waals surface area contributed by atoms with Crippen molar-refractivity contribution in [1.29, 1.82) is 0 Å². The summed E-state index contributed by atoms with van der Waals surface area (Å²) in [7, 11) is 0. The van der Waals surface area contributed by atoms with Crippen molar-refractivity contribution in [3.05, 3.63) is 41.9 Å². The normalized spacial score (nSPS) is 12.9. The van der Waals surface area contributed by atoms with E-state index in [0.29, 0.717) is 30.5 Å². The highest BCUT2D eigenvalue weighted by atomic mass is 19.1. The summed E-state index contributed by atoms with van der Waals surface area (Å²) < 4.78 is 27.0. The number of aromatic amines is 1. The Morgan fingerprint density at radius 3 is 2.71 bits per heavy atom. The number of rotatable bonds is 6. The monoisotopic (exact) mass is 293 g/mol. The lowest BCUT2D eigenvalue weighted by Crippen LogP contribution is -2.19. The second kappa shape index (κ2) is 6.80. The first-order valence-corrected chi connectivity index (χ1v) is 7.19. The van der Waals surface area contributed by atoms with E-state index in [-0.39, 0.29) is 5.56 Å². The van der Waals surface area contributed by atoms with Gasteiger partial charge in [-0.25, -0.2) is 13.8 Å². The average molecular weight is 293 g/mol. The average Bonchev–Trinajstić information content (AvgIpc) is 2.88. The molecule has 0 aliphatic heterocycles. The molecule has 1 heterocycles. The van der Waals surface area contributed by atoms with Crippen molar-refractivity contribution in [2.45, 2.75) is 26.7 Å². The first-order chi connectivity index (χ1) is 9.99. The van der Waals surface area contributed by atoms with E-state index in [1.165, 1.54) is 12.3 Å². The molecule has 0 saturated heterocycles. The molecule has 3 nitrogen and oxygen atoms in total. The molecule has 0 spiro atoms. The third-order valence-electron chi connectivity index (χ3n) is 3.47. The summed E-state index contributed by atoms with van der Waals surface area (Å²) in [4.78, 5) is 7.32. The number of hydrogen-bond donors (Lipinski definition) is 2. The van der Waals surface area contributed by atoms with E-state index in [9.17, 15) is 8.78 Å². The Labute approximate surface area is 123 Å². The number of imidazole rings is 1. The molecular weight excluding hydrogens is 272 g/mol. The highest BCUT2D eigenvalue weighted by Gasteiger charge is 2.14. The Kier molecular flexibility index (Phi) is 5.07. The van der Waals surface area contributed by atoms with Crippen LogP contribution in [-0.4, -0.2) is 16.5 Å². The molecule has 21 heavy (non-hydrogen) atoms. The molecule has 2 aromatic rings. The van der Waals surface area contributed by atoms with Gasteiger partial charge in [-0.15, -0.1) is 0 Å².